The van der Waals surface area contributed by atoms with Crippen molar-refractivity contribution in [3.8, 4) is 5.88 Å². The maximum Gasteiger partial charge on any atom is 0.350 e. The molecule has 17 heavy (non-hydrogen) atoms. The molecule has 1 aromatic heterocycles. The standard InChI is InChI=1S/C7H12N3O6P/c8-7-9-5(11)3-6(12)10(7)1-2-16-4-17(13,14)15/h3,11H,1-2,4H2,(H2,8,9)(H2,13,14,15). The van der Waals surface area contributed by atoms with E-state index in [4.69, 9.17) is 20.6 Å². The second-order valence-electron chi connectivity index (χ2n) is 3.16. The molecule has 0 saturated carbocycles. The van der Waals surface area contributed by atoms with Crippen molar-refractivity contribution >= 4 is 13.5 Å². The molecule has 1 heterocycles. The molecule has 96 valence electrons. The molecule has 0 aliphatic heterocycles. The van der Waals surface area contributed by atoms with Gasteiger partial charge < -0.3 is 25.4 Å². The van der Waals surface area contributed by atoms with Crippen LogP contribution in [0.3, 0.4) is 0 Å². The van der Waals surface area contributed by atoms with Crippen molar-refractivity contribution in [3.63, 3.8) is 0 Å². The lowest BCUT2D eigenvalue weighted by Crippen LogP contribution is -2.25. The Hall–Kier alpha value is -1.41. The summed E-state index contributed by atoms with van der Waals surface area (Å²) >= 11 is 0. The van der Waals surface area contributed by atoms with E-state index >= 15 is 0 Å². The minimum atomic E-state index is -4.22. The fourth-order valence-corrected chi connectivity index (χ4v) is 1.44. The number of aromatic hydroxyl groups is 1. The maximum absolute atomic E-state index is 11.3. The van der Waals surface area contributed by atoms with Crippen molar-refractivity contribution in [3.05, 3.63) is 16.4 Å². The van der Waals surface area contributed by atoms with Crippen LogP contribution in [0.25, 0.3) is 0 Å². The number of hydrogen-bond donors (Lipinski definition) is 4. The number of anilines is 1. The summed E-state index contributed by atoms with van der Waals surface area (Å²) in [5.74, 6) is -0.685. The summed E-state index contributed by atoms with van der Waals surface area (Å²) in [6.45, 7) is -0.125. The second kappa shape index (κ2) is 5.28. The third kappa shape index (κ3) is 4.53. The summed E-state index contributed by atoms with van der Waals surface area (Å²) in [5, 5.41) is 8.96. The van der Waals surface area contributed by atoms with Crippen LogP contribution in [0.1, 0.15) is 0 Å². The Labute approximate surface area is 95.6 Å². The van der Waals surface area contributed by atoms with Crippen molar-refractivity contribution in [1.82, 2.24) is 9.55 Å². The molecule has 0 radical (unpaired) electrons. The molecule has 5 N–H and O–H groups in total. The predicted molar refractivity (Wildman–Crippen MR) is 57.4 cm³/mol. The van der Waals surface area contributed by atoms with Gasteiger partial charge in [-0.25, -0.2) is 0 Å². The summed E-state index contributed by atoms with van der Waals surface area (Å²) < 4.78 is 16.1. The first kappa shape index (κ1) is 13.7. The molecule has 9 nitrogen and oxygen atoms in total. The topological polar surface area (TPSA) is 148 Å². The Morgan fingerprint density at radius 3 is 2.71 bits per heavy atom. The van der Waals surface area contributed by atoms with Gasteiger partial charge in [0.2, 0.25) is 11.8 Å². The van der Waals surface area contributed by atoms with E-state index < -0.39 is 25.4 Å². The van der Waals surface area contributed by atoms with Crippen LogP contribution in [0.4, 0.5) is 5.95 Å². The number of ether oxygens (including phenoxy) is 1. The predicted octanol–water partition coefficient (Wildman–Crippen LogP) is -1.32. The Kier molecular flexibility index (Phi) is 4.24. The van der Waals surface area contributed by atoms with Crippen molar-refractivity contribution in [2.24, 2.45) is 0 Å². The van der Waals surface area contributed by atoms with Crippen LogP contribution < -0.4 is 11.3 Å². The summed E-state index contributed by atoms with van der Waals surface area (Å²) in [5.41, 5.74) is 4.80. The average molecular weight is 265 g/mol. The van der Waals surface area contributed by atoms with Crippen LogP contribution in [-0.4, -0.2) is 37.4 Å². The Morgan fingerprint density at radius 1 is 1.53 bits per heavy atom. The number of nitrogens with zero attached hydrogens (tertiary/aromatic N) is 2. The van der Waals surface area contributed by atoms with Gasteiger partial charge in [-0.05, 0) is 0 Å². The molecule has 0 spiro atoms. The summed E-state index contributed by atoms with van der Waals surface area (Å²) in [4.78, 5) is 31.8. The third-order valence-corrected chi connectivity index (χ3v) is 2.26. The summed E-state index contributed by atoms with van der Waals surface area (Å²) in [6, 6.07) is 0.874. The van der Waals surface area contributed by atoms with Gasteiger partial charge in [0.1, 0.15) is 6.35 Å². The first-order valence-corrected chi connectivity index (χ1v) is 6.28. The SMILES string of the molecule is Nc1nc(O)cc(=O)n1CCOCP(=O)(O)O. The molecule has 1 rings (SSSR count). The molecule has 0 aromatic carbocycles. The molecule has 0 fully saturated rings. The van der Waals surface area contributed by atoms with Gasteiger partial charge in [-0.3, -0.25) is 13.9 Å². The number of nitrogens with two attached hydrogens (primary N) is 1. The molecule has 0 aliphatic rings. The molecule has 1 aromatic rings. The Bertz CT molecular complexity index is 495. The van der Waals surface area contributed by atoms with Crippen molar-refractivity contribution < 1.29 is 24.2 Å². The van der Waals surface area contributed by atoms with E-state index in [9.17, 15) is 9.36 Å². The van der Waals surface area contributed by atoms with E-state index in [0.29, 0.717) is 0 Å². The molecule has 0 bridgehead atoms. The monoisotopic (exact) mass is 265 g/mol. The molecule has 0 saturated heterocycles. The van der Waals surface area contributed by atoms with Crippen LogP contribution in [0, 0.1) is 0 Å². The van der Waals surface area contributed by atoms with Gasteiger partial charge in [-0.15, -0.1) is 0 Å². The van der Waals surface area contributed by atoms with Crippen LogP contribution in [0.2, 0.25) is 0 Å². The Balaban J connectivity index is 2.59. The van der Waals surface area contributed by atoms with E-state index in [1.165, 1.54) is 0 Å². The minimum Gasteiger partial charge on any atom is -0.493 e. The highest BCUT2D eigenvalue weighted by Crippen LogP contribution is 2.33. The quantitative estimate of drug-likeness (QED) is 0.378. The molecule has 10 heteroatoms. The van der Waals surface area contributed by atoms with Crippen LogP contribution in [-0.2, 0) is 15.8 Å². The lowest BCUT2D eigenvalue weighted by molar-refractivity contribution is 0.148. The molecule has 0 aliphatic carbocycles. The van der Waals surface area contributed by atoms with Gasteiger partial charge in [0.15, 0.2) is 0 Å². The van der Waals surface area contributed by atoms with E-state index in [1.807, 2.05) is 0 Å². The highest BCUT2D eigenvalue weighted by molar-refractivity contribution is 7.51. The smallest absolute Gasteiger partial charge is 0.350 e. The zero-order chi connectivity index (χ0) is 13.1. The van der Waals surface area contributed by atoms with Gasteiger partial charge in [0.25, 0.3) is 5.56 Å². The Morgan fingerprint density at radius 2 is 2.18 bits per heavy atom. The fraction of sp³-hybridized carbons (Fsp3) is 0.429. The van der Waals surface area contributed by atoms with Crippen LogP contribution in [0.5, 0.6) is 5.88 Å². The lowest BCUT2D eigenvalue weighted by Gasteiger charge is -2.09. The van der Waals surface area contributed by atoms with Gasteiger partial charge in [0, 0.05) is 0 Å². The van der Waals surface area contributed by atoms with Gasteiger partial charge in [-0.2, -0.15) is 4.98 Å². The normalized spacial score (nSPS) is 11.6. The number of rotatable bonds is 5. The number of nitrogen functional groups attached to an aromatic ring is 1. The second-order valence-corrected chi connectivity index (χ2v) is 4.75. The first-order valence-electron chi connectivity index (χ1n) is 4.48. The van der Waals surface area contributed by atoms with E-state index in [0.717, 1.165) is 10.6 Å². The van der Waals surface area contributed by atoms with Gasteiger partial charge >= 0.3 is 7.60 Å². The van der Waals surface area contributed by atoms with Crippen LogP contribution in [0.15, 0.2) is 10.9 Å². The summed E-state index contributed by atoms with van der Waals surface area (Å²) in [6.07, 6.45) is -0.729. The number of hydrogen-bond acceptors (Lipinski definition) is 6. The highest BCUT2D eigenvalue weighted by Gasteiger charge is 2.12. The van der Waals surface area contributed by atoms with Gasteiger partial charge in [0.05, 0.1) is 19.2 Å². The minimum absolute atomic E-state index is 0.0159. The van der Waals surface area contributed by atoms with E-state index in [1.54, 1.807) is 0 Å². The van der Waals surface area contributed by atoms with E-state index in [-0.39, 0.29) is 19.1 Å². The fourth-order valence-electron chi connectivity index (χ4n) is 1.08. The first-order chi connectivity index (χ1) is 7.79. The zero-order valence-corrected chi connectivity index (χ0v) is 9.58. The highest BCUT2D eigenvalue weighted by atomic mass is 31.2. The largest absolute Gasteiger partial charge is 0.493 e. The average Bonchev–Trinajstić information content (AvgIpc) is 2.13. The maximum atomic E-state index is 11.3. The van der Waals surface area contributed by atoms with Crippen LogP contribution >= 0.6 is 7.60 Å². The van der Waals surface area contributed by atoms with E-state index in [2.05, 4.69) is 9.72 Å². The zero-order valence-electron chi connectivity index (χ0n) is 8.68. The third-order valence-electron chi connectivity index (χ3n) is 1.74. The lowest BCUT2D eigenvalue weighted by atomic mass is 10.5. The van der Waals surface area contributed by atoms with Crippen molar-refractivity contribution in [2.45, 2.75) is 6.54 Å². The molecule has 0 atom stereocenters. The molecule has 0 unspecified atom stereocenters. The molecular formula is C7H12N3O6P. The van der Waals surface area contributed by atoms with Crippen molar-refractivity contribution in [1.29, 1.82) is 0 Å². The summed E-state index contributed by atoms with van der Waals surface area (Å²) in [7, 11) is -4.22. The number of aromatic nitrogens is 2. The van der Waals surface area contributed by atoms with Gasteiger partial charge in [-0.1, -0.05) is 0 Å². The molecule has 0 amide bonds. The molecular weight excluding hydrogens is 253 g/mol. The van der Waals surface area contributed by atoms with Crippen molar-refractivity contribution in [2.75, 3.05) is 18.7 Å².